The molecule has 0 aliphatic rings. The molecule has 0 unspecified atom stereocenters. The summed E-state index contributed by atoms with van der Waals surface area (Å²) in [7, 11) is 0. The van der Waals surface area contributed by atoms with Crippen molar-refractivity contribution >= 4 is 28.5 Å². The third kappa shape index (κ3) is 4.25. The van der Waals surface area contributed by atoms with Crippen LogP contribution < -0.4 is 10.5 Å². The Morgan fingerprint density at radius 2 is 1.75 bits per heavy atom. The maximum absolute atomic E-state index is 12.6. The van der Waals surface area contributed by atoms with Gasteiger partial charge >= 0.3 is 5.97 Å². The lowest BCUT2D eigenvalue weighted by molar-refractivity contribution is -0.148. The highest BCUT2D eigenvalue weighted by atomic mass is 16.5. The highest BCUT2D eigenvalue weighted by Gasteiger charge is 2.20. The van der Waals surface area contributed by atoms with Gasteiger partial charge in [-0.1, -0.05) is 30.3 Å². The maximum atomic E-state index is 12.6. The van der Waals surface area contributed by atoms with E-state index >= 15 is 0 Å². The van der Waals surface area contributed by atoms with Gasteiger partial charge in [0.25, 0.3) is 11.5 Å². The average Bonchev–Trinajstić information content (AvgIpc) is 2.69. The molecule has 1 amide bonds. The van der Waals surface area contributed by atoms with Crippen LogP contribution >= 0.6 is 0 Å². The van der Waals surface area contributed by atoms with Gasteiger partial charge in [-0.3, -0.25) is 19.0 Å². The molecular weight excluding hydrogens is 358 g/mol. The van der Waals surface area contributed by atoms with Crippen molar-refractivity contribution in [2.75, 3.05) is 11.5 Å². The number of nitrogens with zero attached hydrogens (tertiary/aromatic N) is 3. The Hall–Kier alpha value is -3.48. The number of anilines is 1. The molecule has 0 saturated heterocycles. The van der Waals surface area contributed by atoms with Gasteiger partial charge in [0.15, 0.2) is 6.61 Å². The van der Waals surface area contributed by atoms with E-state index in [2.05, 4.69) is 4.98 Å². The average molecular weight is 379 g/mol. The third-order valence-corrected chi connectivity index (χ3v) is 4.21. The fourth-order valence-corrected chi connectivity index (χ4v) is 2.93. The van der Waals surface area contributed by atoms with Gasteiger partial charge in [-0.15, -0.1) is 0 Å². The highest BCUT2D eigenvalue weighted by molar-refractivity contribution is 5.95. The molecule has 7 nitrogen and oxygen atoms in total. The number of fused-ring (bicyclic) bond motifs is 1. The summed E-state index contributed by atoms with van der Waals surface area (Å²) < 4.78 is 6.28. The van der Waals surface area contributed by atoms with E-state index in [9.17, 15) is 14.4 Å². The molecule has 2 aromatic carbocycles. The Bertz CT molecular complexity index is 1040. The third-order valence-electron chi connectivity index (χ3n) is 4.21. The summed E-state index contributed by atoms with van der Waals surface area (Å²) in [6.07, 6.45) is 1.30. The lowest BCUT2D eigenvalue weighted by atomic mass is 10.2. The highest BCUT2D eigenvalue weighted by Crippen LogP contribution is 2.16. The topological polar surface area (TPSA) is 81.5 Å². The number of aromatic nitrogens is 2. The number of para-hydroxylation sites is 2. The summed E-state index contributed by atoms with van der Waals surface area (Å²) >= 11 is 0. The van der Waals surface area contributed by atoms with E-state index in [1.807, 2.05) is 44.2 Å². The molecule has 3 rings (SSSR count). The smallest absolute Gasteiger partial charge is 0.326 e. The molecule has 1 aromatic heterocycles. The number of amides is 1. The zero-order chi connectivity index (χ0) is 20.1. The number of ether oxygens (including phenoxy) is 1. The molecular formula is C21H21N3O4. The van der Waals surface area contributed by atoms with Crippen molar-refractivity contribution in [3.8, 4) is 0 Å². The summed E-state index contributed by atoms with van der Waals surface area (Å²) in [6.45, 7) is 3.05. The van der Waals surface area contributed by atoms with Gasteiger partial charge in [0, 0.05) is 11.7 Å². The Balaban J connectivity index is 1.66. The van der Waals surface area contributed by atoms with Gasteiger partial charge in [-0.05, 0) is 38.1 Å². The van der Waals surface area contributed by atoms with Crippen molar-refractivity contribution in [3.05, 3.63) is 71.3 Å². The van der Waals surface area contributed by atoms with E-state index in [0.29, 0.717) is 10.9 Å². The van der Waals surface area contributed by atoms with Gasteiger partial charge in [-0.2, -0.15) is 0 Å². The van der Waals surface area contributed by atoms with Gasteiger partial charge in [0.2, 0.25) is 0 Å². The van der Waals surface area contributed by atoms with Crippen LogP contribution in [0.5, 0.6) is 0 Å². The maximum Gasteiger partial charge on any atom is 0.326 e. The molecule has 1 heterocycles. The molecule has 0 saturated carbocycles. The molecule has 0 radical (unpaired) electrons. The minimum absolute atomic E-state index is 0.0964. The van der Waals surface area contributed by atoms with Crippen molar-refractivity contribution in [3.63, 3.8) is 0 Å². The summed E-state index contributed by atoms with van der Waals surface area (Å²) in [5.74, 6) is -1.01. The van der Waals surface area contributed by atoms with Crippen LogP contribution in [0.4, 0.5) is 5.69 Å². The number of hydrogen-bond donors (Lipinski definition) is 0. The summed E-state index contributed by atoms with van der Waals surface area (Å²) in [5.41, 5.74) is 0.957. The molecule has 3 aromatic rings. The molecule has 0 N–H and O–H groups in total. The first kappa shape index (κ1) is 19.3. The van der Waals surface area contributed by atoms with Crippen molar-refractivity contribution in [2.45, 2.75) is 26.4 Å². The van der Waals surface area contributed by atoms with Crippen LogP contribution in [0.1, 0.15) is 13.8 Å². The molecule has 28 heavy (non-hydrogen) atoms. The number of esters is 1. The normalized spacial score (nSPS) is 10.8. The van der Waals surface area contributed by atoms with Gasteiger partial charge in [0.1, 0.15) is 6.54 Å². The SMILES string of the molecule is CC(C)N(C(=O)COC(=O)Cn1cnc2ccccc2c1=O)c1ccccc1. The first-order valence-corrected chi connectivity index (χ1v) is 8.94. The summed E-state index contributed by atoms with van der Waals surface area (Å²) in [6, 6.07) is 16.0. The minimum Gasteiger partial charge on any atom is -0.454 e. The second-order valence-corrected chi connectivity index (χ2v) is 6.55. The Kier molecular flexibility index (Phi) is 5.84. The number of benzene rings is 2. The van der Waals surface area contributed by atoms with Crippen LogP contribution in [0.2, 0.25) is 0 Å². The van der Waals surface area contributed by atoms with E-state index in [-0.39, 0.29) is 24.1 Å². The molecule has 0 bridgehead atoms. The van der Waals surface area contributed by atoms with Crippen molar-refractivity contribution in [2.24, 2.45) is 0 Å². The van der Waals surface area contributed by atoms with Crippen molar-refractivity contribution in [1.29, 1.82) is 0 Å². The monoisotopic (exact) mass is 379 g/mol. The zero-order valence-corrected chi connectivity index (χ0v) is 15.7. The van der Waals surface area contributed by atoms with E-state index in [1.54, 1.807) is 29.2 Å². The first-order chi connectivity index (χ1) is 13.5. The molecule has 7 heteroatoms. The van der Waals surface area contributed by atoms with Crippen LogP contribution in [0, 0.1) is 0 Å². The summed E-state index contributed by atoms with van der Waals surface area (Å²) in [5, 5.41) is 0.420. The van der Waals surface area contributed by atoms with Crippen LogP contribution in [-0.2, 0) is 20.9 Å². The van der Waals surface area contributed by atoms with Gasteiger partial charge in [0.05, 0.1) is 17.2 Å². The summed E-state index contributed by atoms with van der Waals surface area (Å²) in [4.78, 5) is 42.9. The molecule has 144 valence electrons. The number of hydrogen-bond acceptors (Lipinski definition) is 5. The lowest BCUT2D eigenvalue weighted by Crippen LogP contribution is -2.40. The fraction of sp³-hybridized carbons (Fsp3) is 0.238. The van der Waals surface area contributed by atoms with E-state index in [4.69, 9.17) is 4.74 Å². The van der Waals surface area contributed by atoms with E-state index in [0.717, 1.165) is 5.69 Å². The largest absolute Gasteiger partial charge is 0.454 e. The Labute approximate surface area is 162 Å². The lowest BCUT2D eigenvalue weighted by Gasteiger charge is -2.26. The number of carbonyl (C=O) groups is 2. The second kappa shape index (κ2) is 8.47. The quantitative estimate of drug-likeness (QED) is 0.614. The van der Waals surface area contributed by atoms with Crippen LogP contribution in [0.25, 0.3) is 10.9 Å². The predicted molar refractivity (Wildman–Crippen MR) is 106 cm³/mol. The van der Waals surface area contributed by atoms with Crippen LogP contribution in [0.15, 0.2) is 65.7 Å². The molecule has 0 fully saturated rings. The fourth-order valence-electron chi connectivity index (χ4n) is 2.93. The van der Waals surface area contributed by atoms with Gasteiger partial charge in [-0.25, -0.2) is 4.98 Å². The molecule has 0 atom stereocenters. The molecule has 0 aliphatic heterocycles. The number of rotatable bonds is 6. The second-order valence-electron chi connectivity index (χ2n) is 6.55. The minimum atomic E-state index is -0.677. The first-order valence-electron chi connectivity index (χ1n) is 8.94. The van der Waals surface area contributed by atoms with Crippen molar-refractivity contribution < 1.29 is 14.3 Å². The Morgan fingerprint density at radius 1 is 1.07 bits per heavy atom. The van der Waals surface area contributed by atoms with Gasteiger partial charge < -0.3 is 9.64 Å². The molecule has 0 spiro atoms. The zero-order valence-electron chi connectivity index (χ0n) is 15.7. The number of carbonyl (C=O) groups excluding carboxylic acids is 2. The molecule has 0 aliphatic carbocycles. The van der Waals surface area contributed by atoms with E-state index < -0.39 is 12.6 Å². The predicted octanol–water partition coefficient (Wildman–Crippen LogP) is 2.38. The standard InChI is InChI=1S/C21H21N3O4/c1-15(2)24(16-8-4-3-5-9-16)19(25)13-28-20(26)12-23-14-22-18-11-7-6-10-17(18)21(23)27/h3-11,14-15H,12-13H2,1-2H3. The van der Waals surface area contributed by atoms with Crippen molar-refractivity contribution in [1.82, 2.24) is 9.55 Å². The van der Waals surface area contributed by atoms with E-state index in [1.165, 1.54) is 10.9 Å². The van der Waals surface area contributed by atoms with Crippen LogP contribution in [0.3, 0.4) is 0 Å². The Morgan fingerprint density at radius 3 is 2.46 bits per heavy atom. The van der Waals surface area contributed by atoms with Crippen LogP contribution in [-0.4, -0.2) is 34.1 Å².